The standard InChI is InChI=1S/C18H27N5O2/c1-19-18(20-11-15-12-21-23(3)13-15)22(2)9-8-14-6-7-16(24-4)17(10-14)25-5/h6-7,10,12-13H,8-9,11H2,1-5H3,(H,19,20). The number of hydrogen-bond donors (Lipinski definition) is 1. The van der Waals surface area contributed by atoms with E-state index in [2.05, 4.69) is 26.4 Å². The zero-order chi connectivity index (χ0) is 18.2. The molecular weight excluding hydrogens is 318 g/mol. The maximum atomic E-state index is 5.36. The van der Waals surface area contributed by atoms with Crippen molar-refractivity contribution >= 4 is 5.96 Å². The first-order valence-electron chi connectivity index (χ1n) is 8.17. The van der Waals surface area contributed by atoms with Crippen molar-refractivity contribution in [2.75, 3.05) is 34.9 Å². The lowest BCUT2D eigenvalue weighted by molar-refractivity contribution is 0.354. The van der Waals surface area contributed by atoms with Gasteiger partial charge in [-0.3, -0.25) is 9.67 Å². The SMILES string of the molecule is CN=C(NCc1cnn(C)c1)N(C)CCc1ccc(OC)c(OC)c1. The summed E-state index contributed by atoms with van der Waals surface area (Å²) >= 11 is 0. The molecular formula is C18H27N5O2. The Balaban J connectivity index is 1.90. The minimum Gasteiger partial charge on any atom is -0.493 e. The molecule has 0 saturated heterocycles. The molecule has 2 rings (SSSR count). The second-order valence-corrected chi connectivity index (χ2v) is 5.78. The van der Waals surface area contributed by atoms with Gasteiger partial charge in [-0.2, -0.15) is 5.10 Å². The molecule has 25 heavy (non-hydrogen) atoms. The molecule has 0 radical (unpaired) electrons. The van der Waals surface area contributed by atoms with Gasteiger partial charge in [0.15, 0.2) is 17.5 Å². The summed E-state index contributed by atoms with van der Waals surface area (Å²) in [5.74, 6) is 2.35. The number of aromatic nitrogens is 2. The second kappa shape index (κ2) is 8.96. The first kappa shape index (κ1) is 18.6. The van der Waals surface area contributed by atoms with Crippen LogP contribution in [-0.2, 0) is 20.0 Å². The zero-order valence-corrected chi connectivity index (χ0v) is 15.6. The lowest BCUT2D eigenvalue weighted by Crippen LogP contribution is -2.39. The minimum atomic E-state index is 0.696. The molecule has 0 spiro atoms. The van der Waals surface area contributed by atoms with E-state index in [-0.39, 0.29) is 0 Å². The number of benzene rings is 1. The van der Waals surface area contributed by atoms with E-state index in [1.165, 1.54) is 5.56 Å². The molecule has 7 heteroatoms. The fraction of sp³-hybridized carbons (Fsp3) is 0.444. The maximum Gasteiger partial charge on any atom is 0.193 e. The number of guanidine groups is 1. The topological polar surface area (TPSA) is 63.9 Å². The van der Waals surface area contributed by atoms with Gasteiger partial charge in [-0.15, -0.1) is 0 Å². The molecule has 1 aromatic carbocycles. The van der Waals surface area contributed by atoms with Gasteiger partial charge in [-0.1, -0.05) is 6.07 Å². The molecule has 1 aromatic heterocycles. The van der Waals surface area contributed by atoms with Crippen LogP contribution in [-0.4, -0.2) is 55.5 Å². The number of nitrogens with zero attached hydrogens (tertiary/aromatic N) is 4. The van der Waals surface area contributed by atoms with Crippen molar-refractivity contribution in [1.82, 2.24) is 20.0 Å². The molecule has 136 valence electrons. The van der Waals surface area contributed by atoms with Crippen molar-refractivity contribution in [2.45, 2.75) is 13.0 Å². The van der Waals surface area contributed by atoms with Crippen LogP contribution in [0.1, 0.15) is 11.1 Å². The lowest BCUT2D eigenvalue weighted by Gasteiger charge is -2.22. The largest absolute Gasteiger partial charge is 0.493 e. The van der Waals surface area contributed by atoms with Crippen molar-refractivity contribution in [3.05, 3.63) is 41.7 Å². The van der Waals surface area contributed by atoms with Crippen molar-refractivity contribution in [3.63, 3.8) is 0 Å². The molecule has 0 saturated carbocycles. The predicted molar refractivity (Wildman–Crippen MR) is 99.3 cm³/mol. The molecule has 0 amide bonds. The molecule has 2 aromatic rings. The summed E-state index contributed by atoms with van der Waals surface area (Å²) in [5.41, 5.74) is 2.31. The Kier molecular flexibility index (Phi) is 6.68. The summed E-state index contributed by atoms with van der Waals surface area (Å²) in [4.78, 5) is 6.45. The van der Waals surface area contributed by atoms with Gasteiger partial charge in [0, 0.05) is 46.0 Å². The van der Waals surface area contributed by atoms with Gasteiger partial charge in [-0.05, 0) is 24.1 Å². The number of aryl methyl sites for hydroxylation is 1. The third kappa shape index (κ3) is 5.14. The van der Waals surface area contributed by atoms with E-state index in [1.54, 1.807) is 25.9 Å². The summed E-state index contributed by atoms with van der Waals surface area (Å²) < 4.78 is 12.4. The van der Waals surface area contributed by atoms with Crippen molar-refractivity contribution in [2.24, 2.45) is 12.0 Å². The Labute approximate surface area is 149 Å². The Morgan fingerprint density at radius 2 is 2.00 bits per heavy atom. The molecule has 0 bridgehead atoms. The quantitative estimate of drug-likeness (QED) is 0.611. The molecule has 1 N–H and O–H groups in total. The predicted octanol–water partition coefficient (Wildman–Crippen LogP) is 1.69. The Morgan fingerprint density at radius 1 is 1.24 bits per heavy atom. The molecule has 0 aliphatic rings. The minimum absolute atomic E-state index is 0.696. The Morgan fingerprint density at radius 3 is 2.60 bits per heavy atom. The highest BCUT2D eigenvalue weighted by atomic mass is 16.5. The average molecular weight is 345 g/mol. The number of ether oxygens (including phenoxy) is 2. The second-order valence-electron chi connectivity index (χ2n) is 5.78. The van der Waals surface area contributed by atoms with E-state index in [4.69, 9.17) is 9.47 Å². The fourth-order valence-corrected chi connectivity index (χ4v) is 2.57. The van der Waals surface area contributed by atoms with Gasteiger partial charge < -0.3 is 19.7 Å². The number of hydrogen-bond acceptors (Lipinski definition) is 4. The van der Waals surface area contributed by atoms with Gasteiger partial charge >= 0.3 is 0 Å². The molecule has 0 aliphatic heterocycles. The van der Waals surface area contributed by atoms with Gasteiger partial charge in [0.05, 0.1) is 20.4 Å². The lowest BCUT2D eigenvalue weighted by atomic mass is 10.1. The summed E-state index contributed by atoms with van der Waals surface area (Å²) in [5, 5.41) is 7.53. The molecule has 0 aliphatic carbocycles. The van der Waals surface area contributed by atoms with Crippen LogP contribution in [0.25, 0.3) is 0 Å². The zero-order valence-electron chi connectivity index (χ0n) is 15.6. The van der Waals surface area contributed by atoms with E-state index >= 15 is 0 Å². The number of nitrogens with one attached hydrogen (secondary N) is 1. The van der Waals surface area contributed by atoms with Crippen LogP contribution in [0.15, 0.2) is 35.6 Å². The van der Waals surface area contributed by atoms with Crippen molar-refractivity contribution < 1.29 is 9.47 Å². The van der Waals surface area contributed by atoms with Crippen molar-refractivity contribution in [1.29, 1.82) is 0 Å². The van der Waals surface area contributed by atoms with Crippen LogP contribution in [0.2, 0.25) is 0 Å². The number of rotatable bonds is 7. The van der Waals surface area contributed by atoms with Crippen LogP contribution in [0.4, 0.5) is 0 Å². The van der Waals surface area contributed by atoms with Crippen LogP contribution in [0, 0.1) is 0 Å². The maximum absolute atomic E-state index is 5.36. The van der Waals surface area contributed by atoms with Crippen LogP contribution >= 0.6 is 0 Å². The Hall–Kier alpha value is -2.70. The van der Waals surface area contributed by atoms with E-state index in [9.17, 15) is 0 Å². The average Bonchev–Trinajstić information content (AvgIpc) is 3.05. The molecule has 0 atom stereocenters. The number of likely N-dealkylation sites (N-methyl/N-ethyl adjacent to an activating group) is 1. The van der Waals surface area contributed by atoms with E-state index in [1.807, 2.05) is 38.6 Å². The Bertz CT molecular complexity index is 711. The normalized spacial score (nSPS) is 11.3. The molecule has 0 unspecified atom stereocenters. The highest BCUT2D eigenvalue weighted by molar-refractivity contribution is 5.79. The van der Waals surface area contributed by atoms with Gasteiger partial charge in [0.25, 0.3) is 0 Å². The molecule has 7 nitrogen and oxygen atoms in total. The van der Waals surface area contributed by atoms with Crippen LogP contribution in [0.5, 0.6) is 11.5 Å². The molecule has 0 fully saturated rings. The highest BCUT2D eigenvalue weighted by Gasteiger charge is 2.09. The molecule has 1 heterocycles. The fourth-order valence-electron chi connectivity index (χ4n) is 2.57. The summed E-state index contributed by atoms with van der Waals surface area (Å²) in [7, 11) is 9.02. The van der Waals surface area contributed by atoms with Crippen LogP contribution in [0.3, 0.4) is 0 Å². The smallest absolute Gasteiger partial charge is 0.193 e. The first-order chi connectivity index (χ1) is 12.1. The van der Waals surface area contributed by atoms with Gasteiger partial charge in [-0.25, -0.2) is 0 Å². The van der Waals surface area contributed by atoms with Crippen LogP contribution < -0.4 is 14.8 Å². The van der Waals surface area contributed by atoms with Gasteiger partial charge in [0.2, 0.25) is 0 Å². The van der Waals surface area contributed by atoms with Crippen molar-refractivity contribution in [3.8, 4) is 11.5 Å². The number of aliphatic imine (C=N–C) groups is 1. The van der Waals surface area contributed by atoms with Gasteiger partial charge in [0.1, 0.15) is 0 Å². The summed E-state index contributed by atoms with van der Waals surface area (Å²) in [6, 6.07) is 6.00. The first-order valence-corrected chi connectivity index (χ1v) is 8.17. The monoisotopic (exact) mass is 345 g/mol. The summed E-state index contributed by atoms with van der Waals surface area (Å²) in [6.07, 6.45) is 4.72. The number of methoxy groups -OCH3 is 2. The highest BCUT2D eigenvalue weighted by Crippen LogP contribution is 2.27. The summed E-state index contributed by atoms with van der Waals surface area (Å²) in [6.45, 7) is 1.53. The van der Waals surface area contributed by atoms with E-state index in [0.717, 1.165) is 36.0 Å². The third-order valence-electron chi connectivity index (χ3n) is 3.97. The van der Waals surface area contributed by atoms with E-state index < -0.39 is 0 Å². The van der Waals surface area contributed by atoms with E-state index in [0.29, 0.717) is 6.54 Å². The third-order valence-corrected chi connectivity index (χ3v) is 3.97.